The molecule has 0 aromatic carbocycles. The van der Waals surface area contributed by atoms with Gasteiger partial charge in [0.1, 0.15) is 5.76 Å². The van der Waals surface area contributed by atoms with E-state index in [1.807, 2.05) is 20.8 Å². The van der Waals surface area contributed by atoms with Gasteiger partial charge < -0.3 is 9.84 Å². The van der Waals surface area contributed by atoms with Gasteiger partial charge in [-0.05, 0) is 33.6 Å². The molecule has 1 atom stereocenters. The van der Waals surface area contributed by atoms with Gasteiger partial charge in [-0.25, -0.2) is 10.8 Å². The smallest absolute Gasteiger partial charge is 0.206 e. The van der Waals surface area contributed by atoms with Crippen molar-refractivity contribution in [1.82, 2.24) is 15.9 Å². The van der Waals surface area contributed by atoms with Crippen LogP contribution in [0.25, 0.3) is 0 Å². The van der Waals surface area contributed by atoms with E-state index in [-0.39, 0.29) is 6.04 Å². The molecule has 1 unspecified atom stereocenters. The number of aliphatic imine (C=N–C) groups is 1. The summed E-state index contributed by atoms with van der Waals surface area (Å²) in [6.07, 6.45) is 4.80. The van der Waals surface area contributed by atoms with Gasteiger partial charge in [0.05, 0.1) is 17.8 Å². The molecule has 0 amide bonds. The van der Waals surface area contributed by atoms with Crippen LogP contribution in [0.3, 0.4) is 0 Å². The Labute approximate surface area is 113 Å². The Morgan fingerprint density at radius 1 is 1.42 bits per heavy atom. The summed E-state index contributed by atoms with van der Waals surface area (Å²) in [4.78, 5) is 4.62. The van der Waals surface area contributed by atoms with Gasteiger partial charge in [-0.3, -0.25) is 5.43 Å². The molecule has 1 aromatic rings. The van der Waals surface area contributed by atoms with Gasteiger partial charge in [-0.15, -0.1) is 0 Å². The standard InChI is InChI=1S/C13H23N5O/c1-8(12-9(2)18-19-10(12)3)15-13(17-14)16-11-6-4-5-7-11/h8,11H,4-7,14H2,1-3H3,(H2,15,16,17). The zero-order valence-corrected chi connectivity index (χ0v) is 11.9. The number of guanidine groups is 1. The highest BCUT2D eigenvalue weighted by Crippen LogP contribution is 2.22. The molecule has 1 aliphatic carbocycles. The third-order valence-corrected chi connectivity index (χ3v) is 3.65. The van der Waals surface area contributed by atoms with Crippen molar-refractivity contribution in [2.45, 2.75) is 58.5 Å². The summed E-state index contributed by atoms with van der Waals surface area (Å²) in [5.41, 5.74) is 4.61. The van der Waals surface area contributed by atoms with Gasteiger partial charge in [0.2, 0.25) is 5.96 Å². The van der Waals surface area contributed by atoms with Crippen LogP contribution in [0.15, 0.2) is 9.52 Å². The first kappa shape index (κ1) is 13.9. The molecule has 19 heavy (non-hydrogen) atoms. The Hall–Kier alpha value is -1.56. The fourth-order valence-corrected chi connectivity index (χ4v) is 2.72. The van der Waals surface area contributed by atoms with Crippen LogP contribution >= 0.6 is 0 Å². The van der Waals surface area contributed by atoms with Crippen LogP contribution in [-0.2, 0) is 0 Å². The van der Waals surface area contributed by atoms with Crippen LogP contribution < -0.4 is 16.6 Å². The molecule has 1 fully saturated rings. The summed E-state index contributed by atoms with van der Waals surface area (Å²) in [5.74, 6) is 7.01. The molecule has 6 nitrogen and oxygen atoms in total. The van der Waals surface area contributed by atoms with Gasteiger partial charge in [-0.1, -0.05) is 18.0 Å². The Bertz CT molecular complexity index is 428. The summed E-state index contributed by atoms with van der Waals surface area (Å²) in [6, 6.07) is 0.442. The predicted molar refractivity (Wildman–Crippen MR) is 74.5 cm³/mol. The lowest BCUT2D eigenvalue weighted by molar-refractivity contribution is 0.391. The maximum Gasteiger partial charge on any atom is 0.206 e. The largest absolute Gasteiger partial charge is 0.361 e. The average molecular weight is 265 g/mol. The first-order valence-corrected chi connectivity index (χ1v) is 6.85. The van der Waals surface area contributed by atoms with Crippen molar-refractivity contribution in [1.29, 1.82) is 0 Å². The van der Waals surface area contributed by atoms with Gasteiger partial charge in [-0.2, -0.15) is 0 Å². The van der Waals surface area contributed by atoms with E-state index in [4.69, 9.17) is 10.4 Å². The van der Waals surface area contributed by atoms with E-state index in [1.54, 1.807) is 0 Å². The molecule has 0 aliphatic heterocycles. The lowest BCUT2D eigenvalue weighted by Gasteiger charge is -2.17. The number of nitrogens with zero attached hydrogens (tertiary/aromatic N) is 2. The molecule has 0 bridgehead atoms. The Morgan fingerprint density at radius 2 is 2.11 bits per heavy atom. The van der Waals surface area contributed by atoms with Crippen molar-refractivity contribution < 1.29 is 4.52 Å². The van der Waals surface area contributed by atoms with Crippen LogP contribution in [-0.4, -0.2) is 17.2 Å². The normalized spacial score (nSPS) is 18.6. The second kappa shape index (κ2) is 6.06. The van der Waals surface area contributed by atoms with Crippen molar-refractivity contribution in [2.75, 3.05) is 0 Å². The number of aryl methyl sites for hydroxylation is 2. The number of nitrogens with one attached hydrogen (secondary N) is 2. The van der Waals surface area contributed by atoms with E-state index in [0.29, 0.717) is 12.0 Å². The second-order valence-corrected chi connectivity index (χ2v) is 5.16. The highest BCUT2D eigenvalue weighted by molar-refractivity contribution is 5.79. The minimum absolute atomic E-state index is 0.0578. The fraction of sp³-hybridized carbons (Fsp3) is 0.692. The minimum Gasteiger partial charge on any atom is -0.361 e. The molecule has 1 aliphatic rings. The van der Waals surface area contributed by atoms with Crippen molar-refractivity contribution in [3.05, 3.63) is 17.0 Å². The first-order chi connectivity index (χ1) is 9.11. The number of aromatic nitrogens is 1. The van der Waals surface area contributed by atoms with Crippen molar-refractivity contribution in [3.8, 4) is 0 Å². The molecule has 4 N–H and O–H groups in total. The van der Waals surface area contributed by atoms with Crippen LogP contribution in [0.2, 0.25) is 0 Å². The number of hydrazine groups is 1. The summed E-state index contributed by atoms with van der Waals surface area (Å²) < 4.78 is 5.18. The third-order valence-electron chi connectivity index (χ3n) is 3.65. The van der Waals surface area contributed by atoms with Gasteiger partial charge in [0.15, 0.2) is 0 Å². The van der Waals surface area contributed by atoms with E-state index in [2.05, 4.69) is 20.9 Å². The first-order valence-electron chi connectivity index (χ1n) is 6.85. The molecule has 0 spiro atoms. The summed E-state index contributed by atoms with van der Waals surface area (Å²) >= 11 is 0. The number of nitrogens with two attached hydrogens (primary N) is 1. The second-order valence-electron chi connectivity index (χ2n) is 5.16. The summed E-state index contributed by atoms with van der Waals surface area (Å²) in [7, 11) is 0. The number of rotatable bonds is 3. The topological polar surface area (TPSA) is 88.5 Å². The SMILES string of the molecule is Cc1noc(C)c1C(C)NC(=NC1CCCC1)NN. The quantitative estimate of drug-likeness (QED) is 0.335. The Balaban J connectivity index is 2.05. The molecule has 6 heteroatoms. The molecular weight excluding hydrogens is 242 g/mol. The predicted octanol–water partition coefficient (Wildman–Crippen LogP) is 1.70. The van der Waals surface area contributed by atoms with Crippen LogP contribution in [0.4, 0.5) is 0 Å². The maximum absolute atomic E-state index is 5.55. The fourth-order valence-electron chi connectivity index (χ4n) is 2.72. The molecule has 0 radical (unpaired) electrons. The summed E-state index contributed by atoms with van der Waals surface area (Å²) in [5, 5.41) is 7.26. The number of hydrogen-bond donors (Lipinski definition) is 3. The molecule has 106 valence electrons. The van der Waals surface area contributed by atoms with Crippen LogP contribution in [0, 0.1) is 13.8 Å². The average Bonchev–Trinajstić information content (AvgIpc) is 2.99. The summed E-state index contributed by atoms with van der Waals surface area (Å²) in [6.45, 7) is 5.90. The van der Waals surface area contributed by atoms with E-state index >= 15 is 0 Å². The van der Waals surface area contributed by atoms with Crippen molar-refractivity contribution in [2.24, 2.45) is 10.8 Å². The highest BCUT2D eigenvalue weighted by atomic mass is 16.5. The Morgan fingerprint density at radius 3 is 2.63 bits per heavy atom. The van der Waals surface area contributed by atoms with Crippen molar-refractivity contribution in [3.63, 3.8) is 0 Å². The van der Waals surface area contributed by atoms with E-state index in [9.17, 15) is 0 Å². The highest BCUT2D eigenvalue weighted by Gasteiger charge is 2.19. The van der Waals surface area contributed by atoms with Gasteiger partial charge in [0.25, 0.3) is 0 Å². The molecule has 1 saturated carbocycles. The van der Waals surface area contributed by atoms with Crippen LogP contribution in [0.1, 0.15) is 55.7 Å². The molecule has 1 aromatic heterocycles. The van der Waals surface area contributed by atoms with E-state index < -0.39 is 0 Å². The van der Waals surface area contributed by atoms with E-state index in [0.717, 1.165) is 29.9 Å². The maximum atomic E-state index is 5.55. The van der Waals surface area contributed by atoms with Gasteiger partial charge in [0, 0.05) is 5.56 Å². The molecule has 1 heterocycles. The molecule has 2 rings (SSSR count). The van der Waals surface area contributed by atoms with E-state index in [1.165, 1.54) is 12.8 Å². The van der Waals surface area contributed by atoms with Crippen LogP contribution in [0.5, 0.6) is 0 Å². The molecule has 0 saturated heterocycles. The monoisotopic (exact) mass is 265 g/mol. The third kappa shape index (κ3) is 3.26. The minimum atomic E-state index is 0.0578. The Kier molecular flexibility index (Phi) is 4.42. The van der Waals surface area contributed by atoms with Gasteiger partial charge >= 0.3 is 0 Å². The zero-order chi connectivity index (χ0) is 13.8. The molecular formula is C13H23N5O. The number of hydrogen-bond acceptors (Lipinski definition) is 4. The lowest BCUT2D eigenvalue weighted by atomic mass is 10.1. The zero-order valence-electron chi connectivity index (χ0n) is 11.9. The van der Waals surface area contributed by atoms with Crippen molar-refractivity contribution >= 4 is 5.96 Å². The lowest BCUT2D eigenvalue weighted by Crippen LogP contribution is -2.43.